The van der Waals surface area contributed by atoms with Crippen molar-refractivity contribution in [3.05, 3.63) is 35.7 Å². The molecule has 1 aromatic heterocycles. The van der Waals surface area contributed by atoms with Crippen molar-refractivity contribution in [3.8, 4) is 5.75 Å². The van der Waals surface area contributed by atoms with Crippen molar-refractivity contribution >= 4 is 5.95 Å². The molecule has 0 unspecified atom stereocenters. The Morgan fingerprint density at radius 1 is 1.25 bits per heavy atom. The molecule has 2 heterocycles. The molecular weight excluding hydrogens is 256 g/mol. The molecule has 0 aliphatic carbocycles. The molecule has 0 radical (unpaired) electrons. The highest BCUT2D eigenvalue weighted by Gasteiger charge is 2.19. The first-order valence-electron chi connectivity index (χ1n) is 6.75. The number of hydrogen-bond acceptors (Lipinski definition) is 6. The zero-order valence-electron chi connectivity index (χ0n) is 11.5. The average molecular weight is 274 g/mol. The third-order valence-electron chi connectivity index (χ3n) is 3.51. The quantitative estimate of drug-likeness (QED) is 0.904. The fourth-order valence-corrected chi connectivity index (χ4v) is 2.29. The van der Waals surface area contributed by atoms with E-state index in [0.717, 1.165) is 31.7 Å². The first-order chi connectivity index (χ1) is 9.70. The smallest absolute Gasteiger partial charge is 0.266 e. The van der Waals surface area contributed by atoms with Gasteiger partial charge in [0.05, 0.1) is 6.42 Å². The molecule has 20 heavy (non-hydrogen) atoms. The Labute approximate surface area is 117 Å². The van der Waals surface area contributed by atoms with Crippen molar-refractivity contribution in [2.45, 2.75) is 6.42 Å². The average Bonchev–Trinajstić information content (AvgIpc) is 2.88. The molecule has 106 valence electrons. The van der Waals surface area contributed by atoms with Crippen LogP contribution in [0, 0.1) is 0 Å². The van der Waals surface area contributed by atoms with E-state index in [1.54, 1.807) is 12.1 Å². The molecule has 1 saturated heterocycles. The molecule has 0 atom stereocenters. The van der Waals surface area contributed by atoms with Crippen LogP contribution in [-0.2, 0) is 6.42 Å². The van der Waals surface area contributed by atoms with Crippen LogP contribution < -0.4 is 4.90 Å². The van der Waals surface area contributed by atoms with Crippen LogP contribution in [-0.4, -0.2) is 53.4 Å². The van der Waals surface area contributed by atoms with Gasteiger partial charge in [-0.15, -0.1) is 0 Å². The maximum absolute atomic E-state index is 9.45. The van der Waals surface area contributed by atoms with E-state index in [9.17, 15) is 5.11 Å². The standard InChI is InChI=1S/C14H18N4O2/c1-17-5-7-18(8-6-17)14-15-13(20-16-14)10-11-3-2-4-12(19)9-11/h2-4,9,19H,5-8,10H2,1H3. The monoisotopic (exact) mass is 274 g/mol. The predicted octanol–water partition coefficient (Wildman–Crippen LogP) is 1.12. The number of phenolic OH excluding ortho intramolecular Hbond substituents is 1. The lowest BCUT2D eigenvalue weighted by Gasteiger charge is -2.31. The van der Waals surface area contributed by atoms with Crippen molar-refractivity contribution in [2.24, 2.45) is 0 Å². The molecule has 6 nitrogen and oxygen atoms in total. The maximum atomic E-state index is 9.45. The Balaban J connectivity index is 1.67. The van der Waals surface area contributed by atoms with E-state index < -0.39 is 0 Å². The molecule has 1 fully saturated rings. The molecule has 2 aromatic rings. The zero-order chi connectivity index (χ0) is 13.9. The molecule has 1 aromatic carbocycles. The van der Waals surface area contributed by atoms with Gasteiger partial charge in [-0.1, -0.05) is 12.1 Å². The van der Waals surface area contributed by atoms with E-state index in [1.165, 1.54) is 0 Å². The summed E-state index contributed by atoms with van der Waals surface area (Å²) in [4.78, 5) is 8.85. The van der Waals surface area contributed by atoms with Crippen molar-refractivity contribution in [1.82, 2.24) is 15.0 Å². The van der Waals surface area contributed by atoms with E-state index in [4.69, 9.17) is 4.52 Å². The Morgan fingerprint density at radius 3 is 2.80 bits per heavy atom. The first-order valence-corrected chi connectivity index (χ1v) is 6.75. The van der Waals surface area contributed by atoms with Gasteiger partial charge in [0.1, 0.15) is 5.75 Å². The fraction of sp³-hybridized carbons (Fsp3) is 0.429. The highest BCUT2D eigenvalue weighted by atomic mass is 16.5. The summed E-state index contributed by atoms with van der Waals surface area (Å²) in [5, 5.41) is 13.5. The van der Waals surface area contributed by atoms with Gasteiger partial charge in [0.2, 0.25) is 5.89 Å². The van der Waals surface area contributed by atoms with Crippen molar-refractivity contribution in [1.29, 1.82) is 0 Å². The number of anilines is 1. The second kappa shape index (κ2) is 5.50. The summed E-state index contributed by atoms with van der Waals surface area (Å²) in [7, 11) is 2.11. The first kappa shape index (κ1) is 12.9. The van der Waals surface area contributed by atoms with Gasteiger partial charge >= 0.3 is 0 Å². The summed E-state index contributed by atoms with van der Waals surface area (Å²) in [6.07, 6.45) is 0.537. The topological polar surface area (TPSA) is 65.6 Å². The van der Waals surface area contributed by atoms with E-state index in [1.807, 2.05) is 12.1 Å². The van der Waals surface area contributed by atoms with Crippen LogP contribution in [0.4, 0.5) is 5.95 Å². The lowest BCUT2D eigenvalue weighted by atomic mass is 10.1. The van der Waals surface area contributed by atoms with E-state index in [-0.39, 0.29) is 5.75 Å². The summed E-state index contributed by atoms with van der Waals surface area (Å²) in [5.74, 6) is 1.49. The van der Waals surface area contributed by atoms with Crippen molar-refractivity contribution < 1.29 is 9.63 Å². The molecule has 3 rings (SSSR count). The summed E-state index contributed by atoms with van der Waals surface area (Å²) in [6, 6.07) is 7.09. The van der Waals surface area contributed by atoms with Crippen LogP contribution in [0.5, 0.6) is 5.75 Å². The zero-order valence-corrected chi connectivity index (χ0v) is 11.5. The molecule has 1 aliphatic heterocycles. The summed E-state index contributed by atoms with van der Waals surface area (Å²) >= 11 is 0. The Hall–Kier alpha value is -2.08. The Kier molecular flexibility index (Phi) is 3.56. The third-order valence-corrected chi connectivity index (χ3v) is 3.51. The number of benzene rings is 1. The molecule has 6 heteroatoms. The van der Waals surface area contributed by atoms with Gasteiger partial charge < -0.3 is 19.4 Å². The van der Waals surface area contributed by atoms with E-state index >= 15 is 0 Å². The van der Waals surface area contributed by atoms with Gasteiger partial charge in [-0.05, 0) is 29.9 Å². The van der Waals surface area contributed by atoms with Crippen LogP contribution in [0.3, 0.4) is 0 Å². The second-order valence-corrected chi connectivity index (χ2v) is 5.13. The van der Waals surface area contributed by atoms with Crippen molar-refractivity contribution in [3.63, 3.8) is 0 Å². The molecule has 0 spiro atoms. The predicted molar refractivity (Wildman–Crippen MR) is 74.9 cm³/mol. The van der Waals surface area contributed by atoms with Crippen LogP contribution in [0.2, 0.25) is 0 Å². The third kappa shape index (κ3) is 2.91. The molecule has 0 saturated carbocycles. The second-order valence-electron chi connectivity index (χ2n) is 5.13. The van der Waals surface area contributed by atoms with Crippen LogP contribution in [0.25, 0.3) is 0 Å². The summed E-state index contributed by atoms with van der Waals surface area (Å²) < 4.78 is 5.29. The molecule has 1 aliphatic rings. The van der Waals surface area contributed by atoms with Gasteiger partial charge in [-0.2, -0.15) is 4.98 Å². The molecule has 1 N–H and O–H groups in total. The van der Waals surface area contributed by atoms with E-state index in [0.29, 0.717) is 18.3 Å². The number of aromatic nitrogens is 2. The highest BCUT2D eigenvalue weighted by Crippen LogP contribution is 2.17. The number of nitrogens with zero attached hydrogens (tertiary/aromatic N) is 4. The Morgan fingerprint density at radius 2 is 2.05 bits per heavy atom. The van der Waals surface area contributed by atoms with Crippen LogP contribution in [0.1, 0.15) is 11.5 Å². The fourth-order valence-electron chi connectivity index (χ4n) is 2.29. The van der Waals surface area contributed by atoms with Gasteiger partial charge in [-0.3, -0.25) is 0 Å². The number of likely N-dealkylation sites (N-methyl/N-ethyl adjacent to an activating group) is 1. The van der Waals surface area contributed by atoms with Gasteiger partial charge in [0.15, 0.2) is 0 Å². The summed E-state index contributed by atoms with van der Waals surface area (Å²) in [5.41, 5.74) is 0.957. The van der Waals surface area contributed by atoms with Gasteiger partial charge in [-0.25, -0.2) is 0 Å². The largest absolute Gasteiger partial charge is 0.508 e. The molecular formula is C14H18N4O2. The SMILES string of the molecule is CN1CCN(c2noc(Cc3cccc(O)c3)n2)CC1. The molecule has 0 amide bonds. The van der Waals surface area contributed by atoms with Crippen LogP contribution in [0.15, 0.2) is 28.8 Å². The lowest BCUT2D eigenvalue weighted by Crippen LogP contribution is -2.44. The normalized spacial score (nSPS) is 16.6. The van der Waals surface area contributed by atoms with Gasteiger partial charge in [0.25, 0.3) is 5.95 Å². The van der Waals surface area contributed by atoms with Crippen LogP contribution >= 0.6 is 0 Å². The number of piperazine rings is 1. The minimum Gasteiger partial charge on any atom is -0.508 e. The number of aromatic hydroxyl groups is 1. The maximum Gasteiger partial charge on any atom is 0.266 e. The number of hydrogen-bond donors (Lipinski definition) is 1. The van der Waals surface area contributed by atoms with Gasteiger partial charge in [0, 0.05) is 26.2 Å². The van der Waals surface area contributed by atoms with E-state index in [2.05, 4.69) is 27.0 Å². The lowest BCUT2D eigenvalue weighted by molar-refractivity contribution is 0.308. The number of phenols is 1. The van der Waals surface area contributed by atoms with Crippen molar-refractivity contribution in [2.75, 3.05) is 38.1 Å². The molecule has 0 bridgehead atoms. The number of rotatable bonds is 3. The minimum absolute atomic E-state index is 0.251. The summed E-state index contributed by atoms with van der Waals surface area (Å²) in [6.45, 7) is 3.86. The Bertz CT molecular complexity index is 576. The highest BCUT2D eigenvalue weighted by molar-refractivity contribution is 5.31. The minimum atomic E-state index is 0.251.